The van der Waals surface area contributed by atoms with Crippen LogP contribution in [0, 0.1) is 5.82 Å². The summed E-state index contributed by atoms with van der Waals surface area (Å²) in [6.07, 6.45) is 3.88. The molecule has 0 spiro atoms. The van der Waals surface area contributed by atoms with Gasteiger partial charge >= 0.3 is 0 Å². The lowest BCUT2D eigenvalue weighted by Gasteiger charge is -2.13. The third-order valence-corrected chi connectivity index (χ3v) is 4.27. The summed E-state index contributed by atoms with van der Waals surface area (Å²) >= 11 is 0. The van der Waals surface area contributed by atoms with E-state index in [1.54, 1.807) is 30.6 Å². The zero-order valence-corrected chi connectivity index (χ0v) is 16.0. The van der Waals surface area contributed by atoms with Crippen molar-refractivity contribution in [1.29, 1.82) is 0 Å². The Morgan fingerprint density at radius 3 is 2.62 bits per heavy atom. The van der Waals surface area contributed by atoms with E-state index in [0.717, 1.165) is 11.1 Å². The number of nitrogens with zero attached hydrogens (tertiary/aromatic N) is 2. The van der Waals surface area contributed by atoms with Crippen LogP contribution in [0.15, 0.2) is 60.9 Å². The number of anilines is 1. The molecule has 2 heterocycles. The highest BCUT2D eigenvalue weighted by atomic mass is 19.1. The zero-order valence-electron chi connectivity index (χ0n) is 16.0. The molecule has 0 bridgehead atoms. The van der Waals surface area contributed by atoms with E-state index >= 15 is 0 Å². The molecule has 29 heavy (non-hydrogen) atoms. The topological polar surface area (TPSA) is 84.0 Å². The number of ketones is 1. The highest BCUT2D eigenvalue weighted by Crippen LogP contribution is 2.15. The summed E-state index contributed by atoms with van der Waals surface area (Å²) in [5.41, 5.74) is 2.29. The number of aromatic nitrogens is 2. The molecule has 0 aliphatic carbocycles. The molecule has 0 unspecified atom stereocenters. The number of amides is 1. The van der Waals surface area contributed by atoms with Gasteiger partial charge in [-0.15, -0.1) is 0 Å². The smallest absolute Gasteiger partial charge is 0.255 e. The van der Waals surface area contributed by atoms with Gasteiger partial charge in [-0.2, -0.15) is 0 Å². The van der Waals surface area contributed by atoms with Gasteiger partial charge in [0, 0.05) is 32.4 Å². The molecule has 7 heteroatoms. The van der Waals surface area contributed by atoms with Gasteiger partial charge in [-0.1, -0.05) is 18.2 Å². The van der Waals surface area contributed by atoms with E-state index in [1.165, 1.54) is 25.1 Å². The largest absolute Gasteiger partial charge is 0.369 e. The van der Waals surface area contributed by atoms with Gasteiger partial charge < -0.3 is 10.6 Å². The Labute approximate surface area is 168 Å². The standard InChI is InChI=1S/C22H21FN4O2/c1-15(28)20-8-7-19(22(29)26-14-17-5-3-10-24-13-17)21(27-20)25-11-9-16-4-2-6-18(23)12-16/h2-8,10,12-13H,9,11,14H2,1H3,(H,25,27)(H,26,29). The zero-order chi connectivity index (χ0) is 20.6. The van der Waals surface area contributed by atoms with E-state index in [1.807, 2.05) is 12.1 Å². The normalized spacial score (nSPS) is 10.4. The van der Waals surface area contributed by atoms with Crippen LogP contribution < -0.4 is 10.6 Å². The van der Waals surface area contributed by atoms with Crippen LogP contribution in [0.1, 0.15) is 38.9 Å². The van der Waals surface area contributed by atoms with Gasteiger partial charge in [0.05, 0.1) is 5.56 Å². The summed E-state index contributed by atoms with van der Waals surface area (Å²) < 4.78 is 13.3. The predicted molar refractivity (Wildman–Crippen MR) is 108 cm³/mol. The molecule has 6 nitrogen and oxygen atoms in total. The van der Waals surface area contributed by atoms with Crippen LogP contribution in [0.4, 0.5) is 10.2 Å². The number of pyridine rings is 2. The Balaban J connectivity index is 1.71. The van der Waals surface area contributed by atoms with Crippen molar-refractivity contribution in [2.45, 2.75) is 19.9 Å². The van der Waals surface area contributed by atoms with Crippen LogP contribution in [0.25, 0.3) is 0 Å². The molecule has 3 aromatic rings. The fraction of sp³-hybridized carbons (Fsp3) is 0.182. The molecule has 0 atom stereocenters. The van der Waals surface area contributed by atoms with Gasteiger partial charge in [0.2, 0.25) is 0 Å². The third-order valence-electron chi connectivity index (χ3n) is 4.27. The first kappa shape index (κ1) is 20.1. The molecule has 2 N–H and O–H groups in total. The Hall–Kier alpha value is -3.61. The van der Waals surface area contributed by atoms with Crippen molar-refractivity contribution in [2.24, 2.45) is 0 Å². The van der Waals surface area contributed by atoms with Gasteiger partial charge in [-0.25, -0.2) is 9.37 Å². The van der Waals surface area contributed by atoms with E-state index < -0.39 is 0 Å². The molecule has 0 aliphatic heterocycles. The maximum Gasteiger partial charge on any atom is 0.255 e. The highest BCUT2D eigenvalue weighted by molar-refractivity contribution is 6.00. The summed E-state index contributed by atoms with van der Waals surface area (Å²) in [6.45, 7) is 2.17. The number of rotatable bonds is 8. The second-order valence-electron chi connectivity index (χ2n) is 6.50. The van der Waals surface area contributed by atoms with E-state index in [2.05, 4.69) is 20.6 Å². The number of halogens is 1. The molecule has 0 saturated heterocycles. The third kappa shape index (κ3) is 5.68. The van der Waals surface area contributed by atoms with Crippen molar-refractivity contribution in [3.8, 4) is 0 Å². The highest BCUT2D eigenvalue weighted by Gasteiger charge is 2.15. The molecule has 0 radical (unpaired) electrons. The molecular formula is C22H21FN4O2. The molecule has 1 aromatic carbocycles. The Morgan fingerprint density at radius 2 is 1.90 bits per heavy atom. The van der Waals surface area contributed by atoms with Crippen LogP contribution in [0.3, 0.4) is 0 Å². The number of Topliss-reactive ketones (excluding diaryl/α,β-unsaturated/α-hetero) is 1. The fourth-order valence-corrected chi connectivity index (χ4v) is 2.77. The van der Waals surface area contributed by atoms with Crippen LogP contribution in [-0.4, -0.2) is 28.2 Å². The average Bonchev–Trinajstić information content (AvgIpc) is 2.72. The monoisotopic (exact) mass is 392 g/mol. The molecule has 0 aliphatic rings. The van der Waals surface area contributed by atoms with Gasteiger partial charge in [0.1, 0.15) is 17.3 Å². The number of nitrogens with one attached hydrogen (secondary N) is 2. The SMILES string of the molecule is CC(=O)c1ccc(C(=O)NCc2cccnc2)c(NCCc2cccc(F)c2)n1. The minimum absolute atomic E-state index is 0.194. The quantitative estimate of drug-likeness (QED) is 0.574. The van der Waals surface area contributed by atoms with Crippen LogP contribution in [-0.2, 0) is 13.0 Å². The first-order valence-electron chi connectivity index (χ1n) is 9.20. The lowest BCUT2D eigenvalue weighted by atomic mass is 10.1. The molecule has 0 saturated carbocycles. The summed E-state index contributed by atoms with van der Waals surface area (Å²) in [7, 11) is 0. The van der Waals surface area contributed by atoms with Crippen LogP contribution in [0.5, 0.6) is 0 Å². The fourth-order valence-electron chi connectivity index (χ4n) is 2.77. The Kier molecular flexibility index (Phi) is 6.63. The second kappa shape index (κ2) is 9.54. The Morgan fingerprint density at radius 1 is 1.07 bits per heavy atom. The number of carbonyl (C=O) groups excluding carboxylic acids is 2. The summed E-state index contributed by atoms with van der Waals surface area (Å²) in [4.78, 5) is 32.6. The van der Waals surface area contributed by atoms with Crippen LogP contribution in [0.2, 0.25) is 0 Å². The Bertz CT molecular complexity index is 1010. The van der Waals surface area contributed by atoms with Gasteiger partial charge in [0.15, 0.2) is 5.78 Å². The summed E-state index contributed by atoms with van der Waals surface area (Å²) in [5.74, 6) is -0.488. The second-order valence-corrected chi connectivity index (χ2v) is 6.50. The van der Waals surface area contributed by atoms with Gasteiger partial charge in [-0.05, 0) is 47.9 Å². The minimum Gasteiger partial charge on any atom is -0.369 e. The molecule has 0 fully saturated rings. The van der Waals surface area contributed by atoms with Crippen molar-refractivity contribution >= 4 is 17.5 Å². The summed E-state index contributed by atoms with van der Waals surface area (Å²) in [6, 6.07) is 13.1. The van der Waals surface area contributed by atoms with Crippen molar-refractivity contribution in [2.75, 3.05) is 11.9 Å². The molecule has 1 amide bonds. The number of hydrogen-bond acceptors (Lipinski definition) is 5. The maximum absolute atomic E-state index is 13.3. The van der Waals surface area contributed by atoms with Crippen molar-refractivity contribution in [1.82, 2.24) is 15.3 Å². The average molecular weight is 392 g/mol. The van der Waals surface area contributed by atoms with Crippen molar-refractivity contribution < 1.29 is 14.0 Å². The van der Waals surface area contributed by atoms with E-state index in [0.29, 0.717) is 30.9 Å². The molecule has 2 aromatic heterocycles. The van der Waals surface area contributed by atoms with Crippen LogP contribution >= 0.6 is 0 Å². The number of carbonyl (C=O) groups is 2. The lowest BCUT2D eigenvalue weighted by molar-refractivity contribution is 0.0948. The van der Waals surface area contributed by atoms with E-state index in [9.17, 15) is 14.0 Å². The van der Waals surface area contributed by atoms with Crippen molar-refractivity contribution in [3.05, 3.63) is 89.1 Å². The number of benzene rings is 1. The minimum atomic E-state index is -0.315. The molecule has 148 valence electrons. The summed E-state index contributed by atoms with van der Waals surface area (Å²) in [5, 5.41) is 5.92. The van der Waals surface area contributed by atoms with Gasteiger partial charge in [-0.3, -0.25) is 14.6 Å². The van der Waals surface area contributed by atoms with E-state index in [-0.39, 0.29) is 23.2 Å². The van der Waals surface area contributed by atoms with Gasteiger partial charge in [0.25, 0.3) is 5.91 Å². The molecular weight excluding hydrogens is 371 g/mol. The first-order chi connectivity index (χ1) is 14.0. The van der Waals surface area contributed by atoms with E-state index in [4.69, 9.17) is 0 Å². The lowest BCUT2D eigenvalue weighted by Crippen LogP contribution is -2.25. The predicted octanol–water partition coefficient (Wildman–Crippen LogP) is 3.40. The first-order valence-corrected chi connectivity index (χ1v) is 9.20. The number of hydrogen-bond donors (Lipinski definition) is 2. The molecule has 3 rings (SSSR count). The maximum atomic E-state index is 13.3. The van der Waals surface area contributed by atoms with Crippen molar-refractivity contribution in [3.63, 3.8) is 0 Å².